The molecule has 0 unspecified atom stereocenters. The van der Waals surface area contributed by atoms with Gasteiger partial charge < -0.3 is 9.47 Å². The Morgan fingerprint density at radius 2 is 1.15 bits per heavy atom. The number of thioether (sulfide) groups is 2. The number of rotatable bonds is 8. The SMILES string of the molecule is O=C(CN1C(=O)CSc2ccccc21)OCCCOC(=O)CN1C(=O)CSc2ccccc21. The molecule has 0 radical (unpaired) electrons. The van der Waals surface area contributed by atoms with Crippen molar-refractivity contribution in [2.45, 2.75) is 16.2 Å². The van der Waals surface area contributed by atoms with E-state index in [9.17, 15) is 19.2 Å². The number of carbonyl (C=O) groups is 4. The minimum absolute atomic E-state index is 0.0622. The summed E-state index contributed by atoms with van der Waals surface area (Å²) in [5, 5.41) is 0. The van der Waals surface area contributed by atoms with E-state index in [-0.39, 0.29) is 49.6 Å². The molecule has 2 heterocycles. The van der Waals surface area contributed by atoms with Gasteiger partial charge in [-0.15, -0.1) is 23.5 Å². The van der Waals surface area contributed by atoms with E-state index in [1.807, 2.05) is 36.4 Å². The molecule has 0 bridgehead atoms. The second-order valence-corrected chi connectivity index (χ2v) is 9.30. The number of nitrogens with zero attached hydrogens (tertiary/aromatic N) is 2. The summed E-state index contributed by atoms with van der Waals surface area (Å²) in [5.74, 6) is -0.770. The van der Waals surface area contributed by atoms with Crippen LogP contribution >= 0.6 is 23.5 Å². The van der Waals surface area contributed by atoms with Gasteiger partial charge >= 0.3 is 11.9 Å². The Balaban J connectivity index is 1.18. The van der Waals surface area contributed by atoms with Gasteiger partial charge in [0.15, 0.2) is 0 Å². The molecule has 0 saturated heterocycles. The zero-order valence-electron chi connectivity index (χ0n) is 17.7. The lowest BCUT2D eigenvalue weighted by Crippen LogP contribution is -2.40. The maximum absolute atomic E-state index is 12.2. The first-order chi connectivity index (χ1) is 16.0. The van der Waals surface area contributed by atoms with Gasteiger partial charge in [0.05, 0.1) is 36.1 Å². The number of anilines is 2. The normalized spacial score (nSPS) is 15.0. The summed E-state index contributed by atoms with van der Waals surface area (Å²) < 4.78 is 10.4. The van der Waals surface area contributed by atoms with E-state index in [2.05, 4.69) is 0 Å². The van der Waals surface area contributed by atoms with E-state index in [0.29, 0.717) is 17.8 Å². The highest BCUT2D eigenvalue weighted by Gasteiger charge is 2.28. The van der Waals surface area contributed by atoms with Gasteiger partial charge in [-0.05, 0) is 24.3 Å². The second-order valence-electron chi connectivity index (χ2n) is 7.27. The Hall–Kier alpha value is -2.98. The lowest BCUT2D eigenvalue weighted by atomic mass is 10.2. The van der Waals surface area contributed by atoms with Crippen LogP contribution in [0, 0.1) is 0 Å². The van der Waals surface area contributed by atoms with Crippen molar-refractivity contribution in [2.24, 2.45) is 0 Å². The summed E-state index contributed by atoms with van der Waals surface area (Å²) in [6, 6.07) is 14.8. The molecule has 0 saturated carbocycles. The van der Waals surface area contributed by atoms with Gasteiger partial charge in [0.2, 0.25) is 11.8 Å². The van der Waals surface area contributed by atoms with Gasteiger partial charge in [-0.2, -0.15) is 0 Å². The average Bonchev–Trinajstić information content (AvgIpc) is 2.82. The van der Waals surface area contributed by atoms with Crippen LogP contribution in [0.5, 0.6) is 0 Å². The standard InChI is InChI=1S/C23H22N2O6S2/c26-20-14-32-18-8-3-1-6-16(18)24(20)12-22(28)30-10-5-11-31-23(29)13-25-17-7-2-4-9-19(17)33-15-21(25)27/h1-4,6-9H,5,10-15H2. The smallest absolute Gasteiger partial charge is 0.326 e. The molecule has 0 aliphatic carbocycles. The summed E-state index contributed by atoms with van der Waals surface area (Å²) >= 11 is 2.89. The van der Waals surface area contributed by atoms with Crippen molar-refractivity contribution in [1.29, 1.82) is 0 Å². The molecule has 0 atom stereocenters. The van der Waals surface area contributed by atoms with Crippen LogP contribution in [0.3, 0.4) is 0 Å². The van der Waals surface area contributed by atoms with Gasteiger partial charge in [0, 0.05) is 16.2 Å². The Kier molecular flexibility index (Phi) is 7.56. The van der Waals surface area contributed by atoms with E-state index >= 15 is 0 Å². The maximum Gasteiger partial charge on any atom is 0.326 e. The summed E-state index contributed by atoms with van der Waals surface area (Å²) in [5.41, 5.74) is 1.41. The van der Waals surface area contributed by atoms with Crippen molar-refractivity contribution in [2.75, 3.05) is 47.6 Å². The van der Waals surface area contributed by atoms with Crippen LogP contribution < -0.4 is 9.80 Å². The van der Waals surface area contributed by atoms with Crippen molar-refractivity contribution in [3.63, 3.8) is 0 Å². The Bertz CT molecular complexity index is 993. The van der Waals surface area contributed by atoms with E-state index < -0.39 is 11.9 Å². The van der Waals surface area contributed by atoms with Gasteiger partial charge in [0.1, 0.15) is 13.1 Å². The Labute approximate surface area is 199 Å². The van der Waals surface area contributed by atoms with Gasteiger partial charge in [-0.1, -0.05) is 24.3 Å². The molecular formula is C23H22N2O6S2. The molecule has 0 N–H and O–H groups in total. The fourth-order valence-electron chi connectivity index (χ4n) is 3.44. The number of carbonyl (C=O) groups excluding carboxylic acids is 4. The number of hydrogen-bond acceptors (Lipinski definition) is 8. The third-order valence-electron chi connectivity index (χ3n) is 5.01. The van der Waals surface area contributed by atoms with Gasteiger partial charge in [0.25, 0.3) is 0 Å². The second kappa shape index (κ2) is 10.8. The summed E-state index contributed by atoms with van der Waals surface area (Å²) in [6.07, 6.45) is 0.318. The molecule has 0 fully saturated rings. The first kappa shape index (κ1) is 23.2. The third-order valence-corrected chi connectivity index (χ3v) is 7.10. The number of para-hydroxylation sites is 2. The quantitative estimate of drug-likeness (QED) is 0.415. The lowest BCUT2D eigenvalue weighted by Gasteiger charge is -2.28. The predicted molar refractivity (Wildman–Crippen MR) is 126 cm³/mol. The molecule has 33 heavy (non-hydrogen) atoms. The van der Waals surface area contributed by atoms with Crippen molar-refractivity contribution in [3.05, 3.63) is 48.5 Å². The number of hydrogen-bond donors (Lipinski definition) is 0. The Morgan fingerprint density at radius 1 is 0.727 bits per heavy atom. The zero-order chi connectivity index (χ0) is 23.2. The zero-order valence-corrected chi connectivity index (χ0v) is 19.4. The van der Waals surface area contributed by atoms with Crippen molar-refractivity contribution >= 4 is 58.7 Å². The highest BCUT2D eigenvalue weighted by Crippen LogP contribution is 2.35. The topological polar surface area (TPSA) is 93.2 Å². The molecule has 2 amide bonds. The summed E-state index contributed by atoms with van der Waals surface area (Å²) in [6.45, 7) is -0.200. The monoisotopic (exact) mass is 486 g/mol. The van der Waals surface area contributed by atoms with Crippen LogP contribution in [0.4, 0.5) is 11.4 Å². The van der Waals surface area contributed by atoms with Crippen molar-refractivity contribution in [3.8, 4) is 0 Å². The molecule has 2 aliphatic heterocycles. The summed E-state index contributed by atoms with van der Waals surface area (Å²) in [4.78, 5) is 53.6. The lowest BCUT2D eigenvalue weighted by molar-refractivity contribution is -0.145. The molecule has 0 aromatic heterocycles. The van der Waals surface area contributed by atoms with E-state index in [1.165, 1.54) is 33.3 Å². The third kappa shape index (κ3) is 5.69. The van der Waals surface area contributed by atoms with E-state index in [4.69, 9.17) is 9.47 Å². The first-order valence-electron chi connectivity index (χ1n) is 10.4. The number of esters is 2. The molecule has 10 heteroatoms. The minimum atomic E-state index is -0.524. The largest absolute Gasteiger partial charge is 0.464 e. The van der Waals surface area contributed by atoms with E-state index in [0.717, 1.165) is 9.79 Å². The van der Waals surface area contributed by atoms with Crippen LogP contribution in [-0.2, 0) is 28.7 Å². The number of amides is 2. The molecule has 2 aromatic rings. The van der Waals surface area contributed by atoms with Crippen LogP contribution in [0.25, 0.3) is 0 Å². The summed E-state index contributed by atoms with van der Waals surface area (Å²) in [7, 11) is 0. The number of fused-ring (bicyclic) bond motifs is 2. The van der Waals surface area contributed by atoms with E-state index in [1.54, 1.807) is 12.1 Å². The maximum atomic E-state index is 12.2. The van der Waals surface area contributed by atoms with Crippen LogP contribution in [0.2, 0.25) is 0 Å². The molecule has 2 aromatic carbocycles. The molecule has 0 spiro atoms. The van der Waals surface area contributed by atoms with Crippen molar-refractivity contribution in [1.82, 2.24) is 0 Å². The molecule has 172 valence electrons. The molecule has 8 nitrogen and oxygen atoms in total. The number of benzene rings is 2. The minimum Gasteiger partial charge on any atom is -0.464 e. The fraction of sp³-hybridized carbons (Fsp3) is 0.304. The fourth-order valence-corrected chi connectivity index (χ4v) is 5.31. The highest BCUT2D eigenvalue weighted by molar-refractivity contribution is 8.00. The average molecular weight is 487 g/mol. The van der Waals surface area contributed by atoms with Crippen LogP contribution in [0.15, 0.2) is 58.3 Å². The predicted octanol–water partition coefficient (Wildman–Crippen LogP) is 2.74. The van der Waals surface area contributed by atoms with Gasteiger partial charge in [-0.3, -0.25) is 29.0 Å². The molecule has 2 aliphatic rings. The molecule has 4 rings (SSSR count). The first-order valence-corrected chi connectivity index (χ1v) is 12.4. The van der Waals surface area contributed by atoms with Crippen LogP contribution in [0.1, 0.15) is 6.42 Å². The number of ether oxygens (including phenoxy) is 2. The Morgan fingerprint density at radius 3 is 1.61 bits per heavy atom. The highest BCUT2D eigenvalue weighted by atomic mass is 32.2. The van der Waals surface area contributed by atoms with Gasteiger partial charge in [-0.25, -0.2) is 0 Å². The van der Waals surface area contributed by atoms with Crippen molar-refractivity contribution < 1.29 is 28.7 Å². The molecular weight excluding hydrogens is 464 g/mol. The van der Waals surface area contributed by atoms with Crippen LogP contribution in [-0.4, -0.2) is 61.6 Å².